The molecule has 0 atom stereocenters. The predicted octanol–water partition coefficient (Wildman–Crippen LogP) is -0.264. The molecule has 0 unspecified atom stereocenters. The molecule has 0 saturated carbocycles. The number of isocyanates is 2. The molecule has 10 heteroatoms. The predicted molar refractivity (Wildman–Crippen MR) is 57.1 cm³/mol. The topological polar surface area (TPSA) is 127 Å². The van der Waals surface area contributed by atoms with E-state index in [0.717, 1.165) is 24.3 Å². The lowest BCUT2D eigenvalue weighted by Crippen LogP contribution is -2.06. The lowest BCUT2D eigenvalue weighted by atomic mass is 10.4. The van der Waals surface area contributed by atoms with Crippen molar-refractivity contribution >= 4 is 32.2 Å². The summed E-state index contributed by atoms with van der Waals surface area (Å²) in [7, 11) is -9.02. The second-order valence-corrected chi connectivity index (χ2v) is 5.91. The van der Waals surface area contributed by atoms with E-state index in [-0.39, 0.29) is 0 Å². The second-order valence-electron chi connectivity index (χ2n) is 2.76. The van der Waals surface area contributed by atoms with Gasteiger partial charge in [-0.25, -0.2) is 9.59 Å². The first-order chi connectivity index (χ1) is 8.35. The summed E-state index contributed by atoms with van der Waals surface area (Å²) in [5.41, 5.74) is 0. The van der Waals surface area contributed by atoms with Crippen LogP contribution in [0.2, 0.25) is 0 Å². The molecule has 18 heavy (non-hydrogen) atoms. The summed E-state index contributed by atoms with van der Waals surface area (Å²) in [6.45, 7) is 0. The van der Waals surface area contributed by atoms with Crippen LogP contribution in [-0.4, -0.2) is 29.0 Å². The molecule has 0 aliphatic rings. The van der Waals surface area contributed by atoms with Gasteiger partial charge in [0.1, 0.15) is 9.79 Å². The van der Waals surface area contributed by atoms with Gasteiger partial charge in [0.05, 0.1) is 0 Å². The van der Waals surface area contributed by atoms with Gasteiger partial charge in [-0.2, -0.15) is 16.8 Å². The third-order valence-corrected chi connectivity index (χ3v) is 4.30. The van der Waals surface area contributed by atoms with Gasteiger partial charge in [0.2, 0.25) is 0 Å². The molecule has 0 aromatic heterocycles. The molecule has 0 amide bonds. The van der Waals surface area contributed by atoms with Crippen molar-refractivity contribution < 1.29 is 26.4 Å². The largest absolute Gasteiger partial charge is 0.294 e. The number of hydrogen-bond donors (Lipinski definition) is 0. The molecule has 0 aliphatic heterocycles. The van der Waals surface area contributed by atoms with Crippen LogP contribution in [0.25, 0.3) is 0 Å². The number of nitrogens with zero attached hydrogens (tertiary/aromatic N) is 2. The Labute approximate surface area is 102 Å². The van der Waals surface area contributed by atoms with E-state index in [1.807, 2.05) is 0 Å². The molecule has 0 spiro atoms. The van der Waals surface area contributed by atoms with Crippen molar-refractivity contribution in [2.45, 2.75) is 9.79 Å². The number of sulfonamides is 2. The van der Waals surface area contributed by atoms with Crippen LogP contribution in [0, 0.1) is 0 Å². The fourth-order valence-electron chi connectivity index (χ4n) is 1.07. The van der Waals surface area contributed by atoms with Crippen LogP contribution in [0.5, 0.6) is 0 Å². The van der Waals surface area contributed by atoms with Gasteiger partial charge in [0.25, 0.3) is 32.2 Å². The quantitative estimate of drug-likeness (QED) is 0.554. The fraction of sp³-hybridized carbons (Fsp3) is 0. The summed E-state index contributed by atoms with van der Waals surface area (Å²) in [5, 5.41) is 0. The normalized spacial score (nSPS) is 11.1. The summed E-state index contributed by atoms with van der Waals surface area (Å²) >= 11 is 0. The Balaban J connectivity index is 3.72. The lowest BCUT2D eigenvalue weighted by molar-refractivity contribution is 0.560. The molecule has 0 saturated heterocycles. The molecular weight excluding hydrogens is 284 g/mol. The molecule has 1 aromatic carbocycles. The van der Waals surface area contributed by atoms with E-state index in [0.29, 0.717) is 0 Å². The molecule has 0 aliphatic carbocycles. The van der Waals surface area contributed by atoms with Gasteiger partial charge < -0.3 is 0 Å². The Hall–Kier alpha value is -2.12. The maximum Gasteiger partial charge on any atom is 0.294 e. The number of hydrogen-bond acceptors (Lipinski definition) is 6. The molecule has 1 rings (SSSR count). The Morgan fingerprint density at radius 1 is 0.778 bits per heavy atom. The van der Waals surface area contributed by atoms with E-state index >= 15 is 0 Å². The summed E-state index contributed by atoms with van der Waals surface area (Å²) in [6, 6.07) is 4.25. The Morgan fingerprint density at radius 2 is 1.11 bits per heavy atom. The third-order valence-electron chi connectivity index (χ3n) is 1.72. The SMILES string of the molecule is O=C=NS(=O)(=O)c1ccccc1S(=O)(=O)N=C=O. The molecular formula is C8H4N2O6S2. The maximum atomic E-state index is 11.5. The first kappa shape index (κ1) is 13.9. The van der Waals surface area contributed by atoms with Crippen LogP contribution in [0.3, 0.4) is 0 Å². The summed E-state index contributed by atoms with van der Waals surface area (Å²) in [5.74, 6) is 0. The Bertz CT molecular complexity index is 701. The van der Waals surface area contributed by atoms with Crippen molar-refractivity contribution in [2.75, 3.05) is 0 Å². The van der Waals surface area contributed by atoms with Gasteiger partial charge in [0, 0.05) is 0 Å². The summed E-state index contributed by atoms with van der Waals surface area (Å²) in [4.78, 5) is 18.4. The minimum Gasteiger partial charge on any atom is -0.210 e. The number of benzene rings is 1. The molecule has 0 radical (unpaired) electrons. The molecule has 0 fully saturated rings. The van der Waals surface area contributed by atoms with Gasteiger partial charge in [-0.3, -0.25) is 0 Å². The van der Waals surface area contributed by atoms with E-state index in [4.69, 9.17) is 0 Å². The zero-order chi connectivity index (χ0) is 13.8. The van der Waals surface area contributed by atoms with E-state index in [1.165, 1.54) is 12.1 Å². The number of carbonyl (C=O) groups excluding carboxylic acids is 2. The fourth-order valence-corrected chi connectivity index (χ4v) is 3.24. The highest BCUT2D eigenvalue weighted by Crippen LogP contribution is 2.23. The van der Waals surface area contributed by atoms with Crippen molar-refractivity contribution in [1.29, 1.82) is 0 Å². The van der Waals surface area contributed by atoms with Crippen molar-refractivity contribution in [3.8, 4) is 0 Å². The molecule has 0 bridgehead atoms. The summed E-state index contributed by atoms with van der Waals surface area (Å²) < 4.78 is 50.9. The van der Waals surface area contributed by atoms with Crippen molar-refractivity contribution in [3.63, 3.8) is 0 Å². The standard InChI is InChI=1S/C8H4N2O6S2/c11-5-9-17(13,14)7-3-1-2-4-8(7)18(15,16)10-6-12/h1-4H. The van der Waals surface area contributed by atoms with Gasteiger partial charge in [-0.1, -0.05) is 20.9 Å². The average Bonchev–Trinajstić information content (AvgIpc) is 2.29. The minimum absolute atomic E-state index is 0.771. The van der Waals surface area contributed by atoms with Gasteiger partial charge >= 0.3 is 0 Å². The van der Waals surface area contributed by atoms with E-state index in [9.17, 15) is 26.4 Å². The van der Waals surface area contributed by atoms with E-state index in [1.54, 1.807) is 0 Å². The van der Waals surface area contributed by atoms with Crippen molar-refractivity contribution in [1.82, 2.24) is 0 Å². The van der Waals surface area contributed by atoms with Crippen molar-refractivity contribution in [2.24, 2.45) is 8.80 Å². The monoisotopic (exact) mass is 288 g/mol. The Morgan fingerprint density at radius 3 is 1.39 bits per heavy atom. The van der Waals surface area contributed by atoms with Crippen LogP contribution < -0.4 is 0 Å². The second kappa shape index (κ2) is 5.03. The van der Waals surface area contributed by atoms with E-state index < -0.39 is 29.8 Å². The zero-order valence-electron chi connectivity index (χ0n) is 8.47. The number of rotatable bonds is 4. The average molecular weight is 288 g/mol. The molecule has 94 valence electrons. The smallest absolute Gasteiger partial charge is 0.210 e. The highest BCUT2D eigenvalue weighted by Gasteiger charge is 2.25. The van der Waals surface area contributed by atoms with E-state index in [2.05, 4.69) is 8.80 Å². The highest BCUT2D eigenvalue weighted by molar-refractivity contribution is 7.93. The molecule has 1 aromatic rings. The Kier molecular flexibility index (Phi) is 3.89. The summed E-state index contributed by atoms with van der Waals surface area (Å²) in [6.07, 6.45) is 1.60. The van der Waals surface area contributed by atoms with Crippen LogP contribution in [0.4, 0.5) is 0 Å². The lowest BCUT2D eigenvalue weighted by Gasteiger charge is -2.02. The van der Waals surface area contributed by atoms with Gasteiger partial charge in [-0.05, 0) is 12.1 Å². The van der Waals surface area contributed by atoms with Crippen molar-refractivity contribution in [3.05, 3.63) is 24.3 Å². The van der Waals surface area contributed by atoms with Gasteiger partial charge in [0.15, 0.2) is 0 Å². The van der Waals surface area contributed by atoms with Crippen LogP contribution in [-0.2, 0) is 29.6 Å². The molecule has 0 heterocycles. The van der Waals surface area contributed by atoms with Crippen LogP contribution in [0.15, 0.2) is 42.9 Å². The first-order valence-electron chi connectivity index (χ1n) is 4.12. The maximum absolute atomic E-state index is 11.5. The van der Waals surface area contributed by atoms with Crippen LogP contribution >= 0.6 is 0 Å². The first-order valence-corrected chi connectivity index (χ1v) is 7.00. The third kappa shape index (κ3) is 2.76. The molecule has 8 nitrogen and oxygen atoms in total. The van der Waals surface area contributed by atoms with Gasteiger partial charge in [-0.15, -0.1) is 0 Å². The zero-order valence-corrected chi connectivity index (χ0v) is 10.1. The molecule has 0 N–H and O–H groups in total. The minimum atomic E-state index is -4.51. The highest BCUT2D eigenvalue weighted by atomic mass is 32.2. The van der Waals surface area contributed by atoms with Crippen LogP contribution in [0.1, 0.15) is 0 Å².